The lowest BCUT2D eigenvalue weighted by Gasteiger charge is -2.36. The van der Waals surface area contributed by atoms with Crippen LogP contribution in [0.25, 0.3) is 15.4 Å². The van der Waals surface area contributed by atoms with Gasteiger partial charge in [-0.15, -0.1) is 32.9 Å². The van der Waals surface area contributed by atoms with Crippen molar-refractivity contribution < 1.29 is 29.0 Å². The fourth-order valence-corrected chi connectivity index (χ4v) is 11.7. The molecule has 0 unspecified atom stereocenters. The number of β-amino-alcohol motifs (C(OH)–C–C–N with tert-alkyl or cyclic N) is 1. The van der Waals surface area contributed by atoms with Crippen molar-refractivity contribution >= 4 is 63.6 Å². The zero-order valence-electron chi connectivity index (χ0n) is 41.0. The van der Waals surface area contributed by atoms with Gasteiger partial charge in [0.25, 0.3) is 0 Å². The molecule has 4 amide bonds. The van der Waals surface area contributed by atoms with Gasteiger partial charge in [-0.3, -0.25) is 28.7 Å². The summed E-state index contributed by atoms with van der Waals surface area (Å²) in [5.41, 5.74) is 6.45. The molecule has 0 radical (unpaired) electrons. The predicted molar refractivity (Wildman–Crippen MR) is 275 cm³/mol. The summed E-state index contributed by atoms with van der Waals surface area (Å²) in [6, 6.07) is 15.4. The van der Waals surface area contributed by atoms with Crippen LogP contribution in [0.4, 0.5) is 0 Å². The second kappa shape index (κ2) is 22.0. The van der Waals surface area contributed by atoms with E-state index in [1.54, 1.807) is 22.7 Å². The van der Waals surface area contributed by atoms with Gasteiger partial charge in [-0.25, -0.2) is 0 Å². The number of piperidine rings is 1. The van der Waals surface area contributed by atoms with Crippen LogP contribution in [0.2, 0.25) is 5.02 Å². The number of hydrogen-bond acceptors (Lipinski definition) is 12. The second-order valence-corrected chi connectivity index (χ2v) is 22.3. The quantitative estimate of drug-likeness (QED) is 0.0755. The molecule has 0 spiro atoms. The Kier molecular flexibility index (Phi) is 16.0. The minimum atomic E-state index is -0.896. The number of thiophene rings is 2. The largest absolute Gasteiger partial charge is 0.391 e. The Bertz CT molecular complexity index is 2720. The van der Waals surface area contributed by atoms with Gasteiger partial charge in [0.15, 0.2) is 5.82 Å². The van der Waals surface area contributed by atoms with E-state index in [0.29, 0.717) is 30.5 Å². The summed E-state index contributed by atoms with van der Waals surface area (Å²) >= 11 is 9.62. The van der Waals surface area contributed by atoms with Crippen LogP contribution in [-0.2, 0) is 30.5 Å². The summed E-state index contributed by atoms with van der Waals surface area (Å²) in [6.07, 6.45) is 1.14. The molecule has 3 aliphatic heterocycles. The van der Waals surface area contributed by atoms with E-state index in [0.717, 1.165) is 70.3 Å². The lowest BCUT2D eigenvalue weighted by molar-refractivity contribution is -0.144. The molecule has 2 fully saturated rings. The highest BCUT2D eigenvalue weighted by molar-refractivity contribution is 7.15. The zero-order valence-corrected chi connectivity index (χ0v) is 43.4. The molecule has 70 heavy (non-hydrogen) atoms. The molecule has 372 valence electrons. The molecule has 8 rings (SSSR count). The molecule has 3 aliphatic rings. The van der Waals surface area contributed by atoms with Crippen molar-refractivity contribution in [2.24, 2.45) is 10.4 Å². The zero-order chi connectivity index (χ0) is 49.9. The van der Waals surface area contributed by atoms with Crippen LogP contribution in [0.15, 0.2) is 65.0 Å². The third-order valence-corrected chi connectivity index (χ3v) is 16.0. The van der Waals surface area contributed by atoms with Gasteiger partial charge >= 0.3 is 0 Å². The summed E-state index contributed by atoms with van der Waals surface area (Å²) in [6.45, 7) is 16.8. The van der Waals surface area contributed by atoms with Crippen LogP contribution in [-0.4, -0.2) is 123 Å². The summed E-state index contributed by atoms with van der Waals surface area (Å²) in [5, 5.41) is 32.2. The van der Waals surface area contributed by atoms with Gasteiger partial charge in [-0.05, 0) is 91.8 Å². The Morgan fingerprint density at radius 1 is 0.929 bits per heavy atom. The van der Waals surface area contributed by atoms with E-state index in [-0.39, 0.29) is 62.1 Å². The minimum Gasteiger partial charge on any atom is -0.391 e. The van der Waals surface area contributed by atoms with Crippen molar-refractivity contribution in [3.8, 4) is 15.4 Å². The van der Waals surface area contributed by atoms with Crippen LogP contribution in [0, 0.1) is 33.1 Å². The van der Waals surface area contributed by atoms with Gasteiger partial charge in [0.05, 0.1) is 30.9 Å². The van der Waals surface area contributed by atoms with E-state index in [9.17, 15) is 24.3 Å². The van der Waals surface area contributed by atoms with Gasteiger partial charge in [-0.1, -0.05) is 68.8 Å². The molecule has 2 aromatic carbocycles. The third-order valence-electron chi connectivity index (χ3n) is 13.5. The molecular weight excluding hydrogens is 946 g/mol. The van der Waals surface area contributed by atoms with Crippen LogP contribution in [0.3, 0.4) is 0 Å². The smallest absolute Gasteiger partial charge is 0.246 e. The van der Waals surface area contributed by atoms with Gasteiger partial charge in [0, 0.05) is 78.0 Å². The van der Waals surface area contributed by atoms with Crippen LogP contribution in [0.5, 0.6) is 0 Å². The Hall–Kier alpha value is -5.30. The third kappa shape index (κ3) is 11.7. The molecule has 0 aliphatic carbocycles. The molecule has 5 aromatic rings. The first-order chi connectivity index (χ1) is 33.4. The lowest BCUT2D eigenvalue weighted by Crippen LogP contribution is -2.58. The number of aryl methyl sites for hydroxylation is 3. The average Bonchev–Trinajstić information content (AvgIpc) is 4.10. The fourth-order valence-electron chi connectivity index (χ4n) is 9.46. The number of amides is 4. The number of carbonyl (C=O) groups excluding carboxylic acids is 4. The van der Waals surface area contributed by atoms with Crippen molar-refractivity contribution in [3.05, 3.63) is 109 Å². The number of rotatable bonds is 16. The molecule has 0 bridgehead atoms. The standard InChI is InChI=1S/C52H64ClN9O6S2/c1-30-19-25-69-46(30)36-10-8-34(9-11-36)28-55-49(66)41-26-38(63)29-61(41)50(67)47(52(5,6)7)57-42(64)18-23-60-21-16-39(17-22-60)68-24-20-54-43(65)27-40-48-59-58-33(4)62(48)51-44(31(2)32(3)70-51)45(56-40)35-12-14-37(53)15-13-35/h8-15,19,25,38-41,47,63H,16-18,20-24,26-29H2,1-7H3,(H,54,65)(H,55,66)(H,57,64)/t38-,40+,41+,47-/m1/s1. The number of aromatic nitrogens is 3. The van der Waals surface area contributed by atoms with Gasteiger partial charge in [0.1, 0.15) is 29.0 Å². The second-order valence-electron chi connectivity index (χ2n) is 19.7. The van der Waals surface area contributed by atoms with Crippen molar-refractivity contribution in [1.29, 1.82) is 0 Å². The molecule has 3 aromatic heterocycles. The van der Waals surface area contributed by atoms with Crippen LogP contribution < -0.4 is 16.0 Å². The molecular formula is C52H64ClN9O6S2. The monoisotopic (exact) mass is 1010 g/mol. The van der Waals surface area contributed by atoms with Crippen molar-refractivity contribution in [2.75, 3.05) is 39.3 Å². The van der Waals surface area contributed by atoms with Gasteiger partial charge in [-0.2, -0.15) is 0 Å². The van der Waals surface area contributed by atoms with E-state index < -0.39 is 29.6 Å². The summed E-state index contributed by atoms with van der Waals surface area (Å²) in [7, 11) is 0. The molecule has 0 saturated carbocycles. The topological polar surface area (TPSA) is 183 Å². The van der Waals surface area contributed by atoms with E-state index in [1.807, 2.05) is 80.8 Å². The van der Waals surface area contributed by atoms with E-state index in [1.165, 1.54) is 20.2 Å². The Labute approximate surface area is 423 Å². The van der Waals surface area contributed by atoms with E-state index >= 15 is 0 Å². The summed E-state index contributed by atoms with van der Waals surface area (Å²) in [5.74, 6) is 0.215. The summed E-state index contributed by atoms with van der Waals surface area (Å²) in [4.78, 5) is 65.9. The molecule has 2 saturated heterocycles. The number of aliphatic imine (C=N–C) groups is 1. The number of aliphatic hydroxyl groups is 1. The first kappa shape index (κ1) is 51.1. The number of hydrogen-bond donors (Lipinski definition) is 4. The fraction of sp³-hybridized carbons (Fsp3) is 0.481. The molecule has 6 heterocycles. The Morgan fingerprint density at radius 3 is 2.33 bits per heavy atom. The van der Waals surface area contributed by atoms with E-state index in [4.69, 9.17) is 21.3 Å². The molecule has 4 atom stereocenters. The first-order valence-corrected chi connectivity index (χ1v) is 26.2. The number of nitrogens with zero attached hydrogens (tertiary/aromatic N) is 6. The lowest BCUT2D eigenvalue weighted by atomic mass is 9.85. The molecule has 15 nitrogen and oxygen atoms in total. The maximum atomic E-state index is 14.2. The molecule has 18 heteroatoms. The Balaban J connectivity index is 0.775. The van der Waals surface area contributed by atoms with Gasteiger partial charge in [0.2, 0.25) is 23.6 Å². The highest BCUT2D eigenvalue weighted by atomic mass is 35.5. The highest BCUT2D eigenvalue weighted by Crippen LogP contribution is 2.40. The van der Waals surface area contributed by atoms with Crippen LogP contribution in [0.1, 0.15) is 103 Å². The minimum absolute atomic E-state index is 0.0146. The number of halogens is 1. The maximum Gasteiger partial charge on any atom is 0.246 e. The van der Waals surface area contributed by atoms with Crippen molar-refractivity contribution in [3.63, 3.8) is 0 Å². The predicted octanol–water partition coefficient (Wildman–Crippen LogP) is 7.02. The number of carbonyl (C=O) groups is 4. The number of likely N-dealkylation sites (tertiary alicyclic amines) is 2. The SMILES string of the molecule is Cc1ccsc1-c1ccc(CNC(=O)[C@@H]2C[C@@H](O)CN2C(=O)[C@@H](NC(=O)CCN2CCC(OCCNC(=O)C[C@@H]3N=C(c4ccc(Cl)cc4)c4c(sc(C)c4C)-n4c(C)nnc43)CC2)C(C)(C)C)cc1. The van der Waals surface area contributed by atoms with Gasteiger partial charge < -0.3 is 35.6 Å². The normalized spacial score (nSPS) is 19.0. The number of benzene rings is 2. The van der Waals surface area contributed by atoms with E-state index in [2.05, 4.69) is 63.3 Å². The summed E-state index contributed by atoms with van der Waals surface area (Å²) < 4.78 is 8.23. The van der Waals surface area contributed by atoms with Crippen molar-refractivity contribution in [2.45, 2.75) is 117 Å². The average molecular weight is 1010 g/mol. The highest BCUT2D eigenvalue weighted by Gasteiger charge is 2.44. The number of nitrogens with one attached hydrogen (secondary N) is 3. The number of aliphatic hydroxyl groups excluding tert-OH is 1. The Morgan fingerprint density at radius 2 is 1.64 bits per heavy atom. The molecule has 4 N–H and O–H groups in total. The van der Waals surface area contributed by atoms with Crippen molar-refractivity contribution in [1.82, 2.24) is 40.5 Å². The maximum absolute atomic E-state index is 14.2. The van der Waals surface area contributed by atoms with Crippen LogP contribution >= 0.6 is 34.3 Å². The first-order valence-electron chi connectivity index (χ1n) is 24.1. The number of fused-ring (bicyclic) bond motifs is 3. The number of ether oxygens (including phenoxy) is 1.